The summed E-state index contributed by atoms with van der Waals surface area (Å²) in [5, 5.41) is -0.253. The predicted octanol–water partition coefficient (Wildman–Crippen LogP) is 2.21. The van der Waals surface area contributed by atoms with Crippen LogP contribution in [0.3, 0.4) is 0 Å². The summed E-state index contributed by atoms with van der Waals surface area (Å²) >= 11 is 5.29. The van der Waals surface area contributed by atoms with E-state index in [-0.39, 0.29) is 5.02 Å². The third-order valence-electron chi connectivity index (χ3n) is 1.40. The van der Waals surface area contributed by atoms with E-state index in [4.69, 9.17) is 19.4 Å². The van der Waals surface area contributed by atoms with Crippen molar-refractivity contribution in [3.05, 3.63) is 28.5 Å². The third kappa shape index (κ3) is 1.58. The summed E-state index contributed by atoms with van der Waals surface area (Å²) in [5.41, 5.74) is -1.12. The van der Waals surface area contributed by atoms with Crippen LogP contribution in [0.2, 0.25) is 5.02 Å². The first kappa shape index (κ1) is 9.45. The molecule has 0 heterocycles. The molecule has 0 saturated carbocycles. The van der Waals surface area contributed by atoms with Crippen molar-refractivity contribution in [1.82, 2.24) is 0 Å². The summed E-state index contributed by atoms with van der Waals surface area (Å²) in [6.07, 6.45) is -2.78. The van der Waals surface area contributed by atoms with Crippen molar-refractivity contribution in [3.8, 4) is 0 Å². The van der Waals surface area contributed by atoms with Crippen LogP contribution in [0, 0.1) is 5.82 Å². The van der Waals surface area contributed by atoms with E-state index in [1.165, 1.54) is 0 Å². The Hall–Kier alpha value is -0.635. The summed E-state index contributed by atoms with van der Waals surface area (Å²) in [7, 11) is 5.04. The summed E-state index contributed by atoms with van der Waals surface area (Å²) in [4.78, 5) is 0. The number of benzene rings is 1. The van der Waals surface area contributed by atoms with Gasteiger partial charge in [0.1, 0.15) is 13.7 Å². The van der Waals surface area contributed by atoms with Crippen molar-refractivity contribution < 1.29 is 13.2 Å². The molecule has 0 aliphatic carbocycles. The Balaban J connectivity index is 3.27. The number of hydrogen-bond donors (Lipinski definition) is 0. The maximum absolute atomic E-state index is 12.8. The molecule has 0 aliphatic heterocycles. The van der Waals surface area contributed by atoms with Gasteiger partial charge in [0.25, 0.3) is 6.43 Å². The zero-order valence-corrected chi connectivity index (χ0v) is 6.58. The molecule has 62 valence electrons. The van der Waals surface area contributed by atoms with Crippen LogP contribution in [0.5, 0.6) is 0 Å². The second-order valence-corrected chi connectivity index (χ2v) is 2.57. The molecule has 1 rings (SSSR count). The highest BCUT2D eigenvalue weighted by molar-refractivity contribution is 6.37. The lowest BCUT2D eigenvalue weighted by molar-refractivity contribution is 0.152. The lowest BCUT2D eigenvalue weighted by Gasteiger charge is -2.06. The van der Waals surface area contributed by atoms with E-state index in [2.05, 4.69) is 0 Å². The minimum absolute atomic E-state index is 0.253. The van der Waals surface area contributed by atoms with Crippen molar-refractivity contribution in [2.24, 2.45) is 0 Å². The van der Waals surface area contributed by atoms with Gasteiger partial charge in [0.05, 0.1) is 5.02 Å². The Kier molecular flexibility index (Phi) is 2.67. The van der Waals surface area contributed by atoms with E-state index in [1.807, 2.05) is 0 Å². The smallest absolute Gasteiger partial charge is 0.206 e. The van der Waals surface area contributed by atoms with Gasteiger partial charge in [-0.3, -0.25) is 0 Å². The largest absolute Gasteiger partial charge is 0.263 e. The quantitative estimate of drug-likeness (QED) is 0.596. The first-order valence-corrected chi connectivity index (χ1v) is 3.43. The normalized spacial score (nSPS) is 10.8. The molecule has 0 spiro atoms. The molecule has 0 nitrogen and oxygen atoms in total. The lowest BCUT2D eigenvalue weighted by Crippen LogP contribution is -2.15. The molecule has 0 fully saturated rings. The first-order chi connectivity index (χ1) is 5.54. The molecule has 12 heavy (non-hydrogen) atoms. The summed E-state index contributed by atoms with van der Waals surface area (Å²) in [6.45, 7) is 0. The highest BCUT2D eigenvalue weighted by Gasteiger charge is 2.14. The van der Waals surface area contributed by atoms with Crippen LogP contribution in [-0.4, -0.2) is 7.85 Å². The van der Waals surface area contributed by atoms with Crippen LogP contribution in [0.25, 0.3) is 0 Å². The van der Waals surface area contributed by atoms with E-state index >= 15 is 0 Å². The van der Waals surface area contributed by atoms with E-state index in [1.54, 1.807) is 0 Å². The minimum atomic E-state index is -2.78. The van der Waals surface area contributed by atoms with Crippen LogP contribution < -0.4 is 5.46 Å². The average Bonchev–Trinajstić information content (AvgIpc) is 2.00. The number of alkyl halides is 2. The molecule has 0 aromatic heterocycles. The van der Waals surface area contributed by atoms with Gasteiger partial charge in [-0.25, -0.2) is 13.2 Å². The van der Waals surface area contributed by atoms with Crippen LogP contribution in [0.1, 0.15) is 12.0 Å². The molecule has 0 bridgehead atoms. The zero-order chi connectivity index (χ0) is 9.30. The van der Waals surface area contributed by atoms with Crippen LogP contribution in [0.15, 0.2) is 12.1 Å². The molecule has 0 amide bonds. The van der Waals surface area contributed by atoms with E-state index in [9.17, 15) is 13.2 Å². The molecule has 1 aromatic rings. The highest BCUT2D eigenvalue weighted by Crippen LogP contribution is 2.20. The Morgan fingerprint density at radius 2 is 1.92 bits per heavy atom. The summed E-state index contributed by atoms with van der Waals surface area (Å²) < 4.78 is 36.9. The summed E-state index contributed by atoms with van der Waals surface area (Å²) in [5.74, 6) is -0.991. The van der Waals surface area contributed by atoms with Gasteiger partial charge in [-0.2, -0.15) is 0 Å². The monoisotopic (exact) mass is 190 g/mol. The number of rotatable bonds is 1. The molecule has 0 atom stereocenters. The van der Waals surface area contributed by atoms with Crippen molar-refractivity contribution in [1.29, 1.82) is 0 Å². The standard InChI is InChI=1S/C7H3BClF3/c8-5-3(7(11)12)1-2-4(9)6(5)10/h1-2,7H. The number of hydrogen-bond acceptors (Lipinski definition) is 0. The van der Waals surface area contributed by atoms with E-state index in [0.29, 0.717) is 0 Å². The SMILES string of the molecule is [B]c1c(C(F)F)ccc(Cl)c1F. The maximum Gasteiger partial charge on any atom is 0.263 e. The fourth-order valence-electron chi connectivity index (χ4n) is 0.772. The molecule has 0 saturated heterocycles. The fourth-order valence-corrected chi connectivity index (χ4v) is 0.936. The van der Waals surface area contributed by atoms with Crippen LogP contribution in [0.4, 0.5) is 13.2 Å². The van der Waals surface area contributed by atoms with Gasteiger partial charge in [0, 0.05) is 5.56 Å². The van der Waals surface area contributed by atoms with Gasteiger partial charge in [-0.1, -0.05) is 23.1 Å². The zero-order valence-electron chi connectivity index (χ0n) is 5.82. The van der Waals surface area contributed by atoms with Gasteiger partial charge in [-0.05, 0) is 6.07 Å². The molecular formula is C7H3BClF3. The molecular weight excluding hydrogens is 187 g/mol. The Morgan fingerprint density at radius 1 is 1.33 bits per heavy atom. The Labute approximate surface area is 73.7 Å². The van der Waals surface area contributed by atoms with Gasteiger partial charge in [-0.15, -0.1) is 0 Å². The van der Waals surface area contributed by atoms with E-state index < -0.39 is 23.3 Å². The van der Waals surface area contributed by atoms with Crippen LogP contribution >= 0.6 is 11.6 Å². The lowest BCUT2D eigenvalue weighted by atomic mass is 9.90. The topological polar surface area (TPSA) is 0 Å². The molecule has 0 aliphatic rings. The maximum atomic E-state index is 12.8. The fraction of sp³-hybridized carbons (Fsp3) is 0.143. The van der Waals surface area contributed by atoms with Crippen molar-refractivity contribution in [2.75, 3.05) is 0 Å². The number of halogens is 4. The molecule has 0 N–H and O–H groups in total. The predicted molar refractivity (Wildman–Crippen MR) is 41.8 cm³/mol. The van der Waals surface area contributed by atoms with Gasteiger partial charge in [0.15, 0.2) is 0 Å². The van der Waals surface area contributed by atoms with Gasteiger partial charge < -0.3 is 0 Å². The molecule has 2 radical (unpaired) electrons. The van der Waals surface area contributed by atoms with Crippen molar-refractivity contribution >= 4 is 24.9 Å². The third-order valence-corrected chi connectivity index (χ3v) is 1.69. The Bertz CT molecular complexity index is 301. The average molecular weight is 190 g/mol. The van der Waals surface area contributed by atoms with Crippen molar-refractivity contribution in [3.63, 3.8) is 0 Å². The molecule has 0 unspecified atom stereocenters. The second-order valence-electron chi connectivity index (χ2n) is 2.16. The second kappa shape index (κ2) is 3.39. The Morgan fingerprint density at radius 3 is 2.42 bits per heavy atom. The summed E-state index contributed by atoms with van der Waals surface area (Å²) in [6, 6.07) is 2.06. The van der Waals surface area contributed by atoms with E-state index in [0.717, 1.165) is 12.1 Å². The van der Waals surface area contributed by atoms with Crippen molar-refractivity contribution in [2.45, 2.75) is 6.43 Å². The minimum Gasteiger partial charge on any atom is -0.206 e. The van der Waals surface area contributed by atoms with Gasteiger partial charge in [0.2, 0.25) is 0 Å². The highest BCUT2D eigenvalue weighted by atomic mass is 35.5. The first-order valence-electron chi connectivity index (χ1n) is 3.05. The molecule has 1 aromatic carbocycles. The molecule has 5 heteroatoms. The van der Waals surface area contributed by atoms with Gasteiger partial charge >= 0.3 is 0 Å². The van der Waals surface area contributed by atoms with Crippen LogP contribution in [-0.2, 0) is 0 Å².